The number of nitrogens with one attached hydrogen (secondary N) is 1. The molecule has 0 aliphatic carbocycles. The Morgan fingerprint density at radius 2 is 2.47 bits per heavy atom. The molecule has 1 fully saturated rings. The zero-order valence-corrected chi connectivity index (χ0v) is 9.60. The number of hydrogen-bond donors (Lipinski definition) is 1. The minimum absolute atomic E-state index is 0.155. The van der Waals surface area contributed by atoms with Crippen LogP contribution in [0.1, 0.15) is 22.5 Å². The maximum Gasteiger partial charge on any atom is 0.177 e. The molecule has 1 aromatic rings. The van der Waals surface area contributed by atoms with E-state index in [9.17, 15) is 4.79 Å². The van der Waals surface area contributed by atoms with Crippen LogP contribution in [-0.2, 0) is 0 Å². The molecule has 4 heteroatoms. The smallest absolute Gasteiger partial charge is 0.177 e. The van der Waals surface area contributed by atoms with Crippen molar-refractivity contribution in [2.24, 2.45) is 5.92 Å². The largest absolute Gasteiger partial charge is 0.487 e. The number of rotatable bonds is 3. The number of carbonyl (C=O) groups is 1. The molecule has 0 aromatic carbocycles. The molecule has 0 saturated carbocycles. The van der Waals surface area contributed by atoms with Gasteiger partial charge in [0.2, 0.25) is 0 Å². The van der Waals surface area contributed by atoms with Crippen molar-refractivity contribution >= 4 is 17.1 Å². The summed E-state index contributed by atoms with van der Waals surface area (Å²) in [5.74, 6) is 0.414. The SMILES string of the molecule is COc1ccc(C(=O)C2CCCNC2)s1. The van der Waals surface area contributed by atoms with E-state index in [4.69, 9.17) is 4.74 Å². The number of hydrogen-bond acceptors (Lipinski definition) is 4. The Labute approximate surface area is 93.4 Å². The van der Waals surface area contributed by atoms with Gasteiger partial charge in [0.25, 0.3) is 0 Å². The van der Waals surface area contributed by atoms with Gasteiger partial charge in [-0.15, -0.1) is 0 Å². The van der Waals surface area contributed by atoms with E-state index < -0.39 is 0 Å². The fourth-order valence-electron chi connectivity index (χ4n) is 1.84. The monoisotopic (exact) mass is 225 g/mol. The maximum absolute atomic E-state index is 12.0. The van der Waals surface area contributed by atoms with Crippen molar-refractivity contribution < 1.29 is 9.53 Å². The van der Waals surface area contributed by atoms with E-state index in [-0.39, 0.29) is 11.7 Å². The number of piperidine rings is 1. The maximum atomic E-state index is 12.0. The van der Waals surface area contributed by atoms with E-state index in [1.54, 1.807) is 7.11 Å². The van der Waals surface area contributed by atoms with Gasteiger partial charge < -0.3 is 10.1 Å². The minimum atomic E-state index is 0.155. The van der Waals surface area contributed by atoms with Crippen molar-refractivity contribution in [1.82, 2.24) is 5.32 Å². The van der Waals surface area contributed by atoms with Crippen molar-refractivity contribution in [3.8, 4) is 5.06 Å². The highest BCUT2D eigenvalue weighted by atomic mass is 32.1. The molecule has 0 bridgehead atoms. The van der Waals surface area contributed by atoms with Crippen molar-refractivity contribution in [3.63, 3.8) is 0 Å². The van der Waals surface area contributed by atoms with E-state index in [1.165, 1.54) is 11.3 Å². The Kier molecular flexibility index (Phi) is 3.38. The first-order valence-electron chi connectivity index (χ1n) is 5.20. The zero-order valence-electron chi connectivity index (χ0n) is 8.79. The molecular weight excluding hydrogens is 210 g/mol. The molecular formula is C11H15NO2S. The topological polar surface area (TPSA) is 38.3 Å². The predicted molar refractivity (Wildman–Crippen MR) is 60.8 cm³/mol. The molecule has 3 nitrogen and oxygen atoms in total. The standard InChI is InChI=1S/C11H15NO2S/c1-14-10-5-4-9(15-10)11(13)8-3-2-6-12-7-8/h4-5,8,12H,2-3,6-7H2,1H3. The molecule has 1 unspecified atom stereocenters. The summed E-state index contributed by atoms with van der Waals surface area (Å²) < 4.78 is 5.08. The molecule has 1 aliphatic heterocycles. The van der Waals surface area contributed by atoms with Crippen molar-refractivity contribution in [1.29, 1.82) is 0 Å². The van der Waals surface area contributed by atoms with Crippen molar-refractivity contribution in [2.45, 2.75) is 12.8 Å². The summed E-state index contributed by atoms with van der Waals surface area (Å²) in [7, 11) is 1.63. The summed E-state index contributed by atoms with van der Waals surface area (Å²) in [5, 5.41) is 4.07. The summed E-state index contributed by atoms with van der Waals surface area (Å²) in [6.45, 7) is 1.86. The predicted octanol–water partition coefficient (Wildman–Crippen LogP) is 1.94. The van der Waals surface area contributed by atoms with Gasteiger partial charge in [0.1, 0.15) is 0 Å². The fourth-order valence-corrected chi connectivity index (χ4v) is 2.68. The van der Waals surface area contributed by atoms with Gasteiger partial charge >= 0.3 is 0 Å². The fraction of sp³-hybridized carbons (Fsp3) is 0.545. The van der Waals surface area contributed by atoms with Gasteiger partial charge in [0, 0.05) is 12.5 Å². The number of Topliss-reactive ketones (excluding diaryl/α,β-unsaturated/α-hetero) is 1. The van der Waals surface area contributed by atoms with E-state index in [0.717, 1.165) is 35.9 Å². The Morgan fingerprint density at radius 1 is 1.60 bits per heavy atom. The lowest BCUT2D eigenvalue weighted by molar-refractivity contribution is 0.0904. The Bertz CT molecular complexity index is 342. The number of carbonyl (C=O) groups excluding carboxylic acids is 1. The van der Waals surface area contributed by atoms with E-state index in [2.05, 4.69) is 5.32 Å². The van der Waals surface area contributed by atoms with Crippen molar-refractivity contribution in [2.75, 3.05) is 20.2 Å². The first kappa shape index (κ1) is 10.6. The Morgan fingerprint density at radius 3 is 3.07 bits per heavy atom. The first-order chi connectivity index (χ1) is 7.31. The highest BCUT2D eigenvalue weighted by Gasteiger charge is 2.23. The van der Waals surface area contributed by atoms with E-state index in [1.807, 2.05) is 12.1 Å². The molecule has 1 atom stereocenters. The van der Waals surface area contributed by atoms with Crippen LogP contribution in [0.3, 0.4) is 0 Å². The molecule has 15 heavy (non-hydrogen) atoms. The second-order valence-electron chi connectivity index (χ2n) is 3.73. The van der Waals surface area contributed by atoms with Gasteiger partial charge in [-0.1, -0.05) is 11.3 Å². The van der Waals surface area contributed by atoms with Gasteiger partial charge in [0.05, 0.1) is 12.0 Å². The van der Waals surface area contributed by atoms with Gasteiger partial charge in [-0.25, -0.2) is 0 Å². The second kappa shape index (κ2) is 4.77. The van der Waals surface area contributed by atoms with Gasteiger partial charge in [-0.3, -0.25) is 4.79 Å². The van der Waals surface area contributed by atoms with Crippen molar-refractivity contribution in [3.05, 3.63) is 17.0 Å². The summed E-state index contributed by atoms with van der Waals surface area (Å²) in [4.78, 5) is 12.9. The third-order valence-corrected chi connectivity index (χ3v) is 3.75. The highest BCUT2D eigenvalue weighted by Crippen LogP contribution is 2.27. The lowest BCUT2D eigenvalue weighted by atomic mass is 9.94. The zero-order chi connectivity index (χ0) is 10.7. The molecule has 1 N–H and O–H groups in total. The highest BCUT2D eigenvalue weighted by molar-refractivity contribution is 7.15. The molecule has 1 saturated heterocycles. The number of ketones is 1. The average molecular weight is 225 g/mol. The molecule has 82 valence electrons. The van der Waals surface area contributed by atoms with Crippen LogP contribution in [0, 0.1) is 5.92 Å². The second-order valence-corrected chi connectivity index (χ2v) is 4.78. The van der Waals surface area contributed by atoms with Crippen LogP contribution in [0.2, 0.25) is 0 Å². The van der Waals surface area contributed by atoms with Crippen LogP contribution in [0.15, 0.2) is 12.1 Å². The molecule has 0 radical (unpaired) electrons. The minimum Gasteiger partial charge on any atom is -0.487 e. The molecule has 1 aromatic heterocycles. The summed E-state index contributed by atoms with van der Waals surface area (Å²) in [6.07, 6.45) is 2.10. The lowest BCUT2D eigenvalue weighted by Gasteiger charge is -2.20. The van der Waals surface area contributed by atoms with Crippen LogP contribution in [0.25, 0.3) is 0 Å². The summed E-state index contributed by atoms with van der Waals surface area (Å²) in [5.41, 5.74) is 0. The Balaban J connectivity index is 2.05. The number of methoxy groups -OCH3 is 1. The van der Waals surface area contributed by atoms with Crippen LogP contribution < -0.4 is 10.1 Å². The quantitative estimate of drug-likeness (QED) is 0.799. The van der Waals surface area contributed by atoms with Crippen LogP contribution in [0.5, 0.6) is 5.06 Å². The molecule has 2 rings (SSSR count). The van der Waals surface area contributed by atoms with Crippen LogP contribution >= 0.6 is 11.3 Å². The third kappa shape index (κ3) is 2.38. The molecule has 1 aliphatic rings. The summed E-state index contributed by atoms with van der Waals surface area (Å²) in [6, 6.07) is 3.72. The van der Waals surface area contributed by atoms with E-state index >= 15 is 0 Å². The normalized spacial score (nSPS) is 21.3. The van der Waals surface area contributed by atoms with Crippen LogP contribution in [0.4, 0.5) is 0 Å². The first-order valence-corrected chi connectivity index (χ1v) is 6.01. The molecule has 0 amide bonds. The number of ether oxygens (including phenoxy) is 1. The lowest BCUT2D eigenvalue weighted by Crippen LogP contribution is -2.34. The van der Waals surface area contributed by atoms with Gasteiger partial charge in [-0.2, -0.15) is 0 Å². The Hall–Kier alpha value is -0.870. The average Bonchev–Trinajstić information content (AvgIpc) is 2.78. The number of thiophene rings is 1. The third-order valence-electron chi connectivity index (χ3n) is 2.69. The van der Waals surface area contributed by atoms with Crippen LogP contribution in [-0.4, -0.2) is 26.0 Å². The molecule has 0 spiro atoms. The molecule has 2 heterocycles. The summed E-state index contributed by atoms with van der Waals surface area (Å²) >= 11 is 1.44. The van der Waals surface area contributed by atoms with E-state index in [0.29, 0.717) is 0 Å². The van der Waals surface area contributed by atoms with Gasteiger partial charge in [0.15, 0.2) is 10.8 Å². The van der Waals surface area contributed by atoms with Gasteiger partial charge in [-0.05, 0) is 31.5 Å².